The number of ether oxygens (including phenoxy) is 1. The van der Waals surface area contributed by atoms with E-state index in [4.69, 9.17) is 4.74 Å². The standard InChI is InChI=1S/C20H24N4O6S2/c25-20(19-18(4-13-31-19)32(28,29)23-9-11-30-12-10-23)22-7-5-21(6-8-22)15-16-2-1-3-17(14-16)24(26)27/h1-4,13-14H,5-12,15H2. The van der Waals surface area contributed by atoms with Crippen molar-refractivity contribution >= 4 is 33.0 Å². The predicted octanol–water partition coefficient (Wildman–Crippen LogP) is 1.64. The predicted molar refractivity (Wildman–Crippen MR) is 118 cm³/mol. The topological polar surface area (TPSA) is 113 Å². The number of non-ortho nitro benzene ring substituents is 1. The van der Waals surface area contributed by atoms with E-state index < -0.39 is 14.9 Å². The van der Waals surface area contributed by atoms with Crippen LogP contribution < -0.4 is 0 Å². The number of thiophene rings is 1. The number of carbonyl (C=O) groups is 1. The number of hydrogen-bond acceptors (Lipinski definition) is 8. The Labute approximate surface area is 190 Å². The number of hydrogen-bond donors (Lipinski definition) is 0. The lowest BCUT2D eigenvalue weighted by Crippen LogP contribution is -2.48. The minimum Gasteiger partial charge on any atom is -0.379 e. The third-order valence-electron chi connectivity index (χ3n) is 5.60. The SMILES string of the molecule is O=C(c1sccc1S(=O)(=O)N1CCOCC1)N1CCN(Cc2cccc([N+](=O)[O-])c2)CC1. The first-order valence-electron chi connectivity index (χ1n) is 10.3. The number of nitro groups is 1. The van der Waals surface area contributed by atoms with Crippen molar-refractivity contribution in [2.75, 3.05) is 52.5 Å². The van der Waals surface area contributed by atoms with Crippen LogP contribution in [0.4, 0.5) is 5.69 Å². The molecule has 2 aliphatic heterocycles. The van der Waals surface area contributed by atoms with Crippen molar-refractivity contribution in [2.24, 2.45) is 0 Å². The Hall–Kier alpha value is -2.38. The van der Waals surface area contributed by atoms with Crippen molar-refractivity contribution in [2.45, 2.75) is 11.4 Å². The van der Waals surface area contributed by atoms with Gasteiger partial charge < -0.3 is 9.64 Å². The molecule has 0 aliphatic carbocycles. The third-order valence-corrected chi connectivity index (χ3v) is 8.57. The lowest BCUT2D eigenvalue weighted by Gasteiger charge is -2.34. The van der Waals surface area contributed by atoms with E-state index >= 15 is 0 Å². The largest absolute Gasteiger partial charge is 0.379 e. The molecular weight excluding hydrogens is 456 g/mol. The van der Waals surface area contributed by atoms with Crippen LogP contribution in [0.5, 0.6) is 0 Å². The summed E-state index contributed by atoms with van der Waals surface area (Å²) in [7, 11) is -3.74. The average molecular weight is 481 g/mol. The maximum absolute atomic E-state index is 13.1. The number of rotatable bonds is 6. The van der Waals surface area contributed by atoms with Crippen molar-refractivity contribution < 1.29 is 22.9 Å². The molecule has 0 radical (unpaired) electrons. The van der Waals surface area contributed by atoms with Gasteiger partial charge in [0.1, 0.15) is 9.77 Å². The number of nitro benzene ring substituents is 1. The number of nitrogens with zero attached hydrogens (tertiary/aromatic N) is 4. The Morgan fingerprint density at radius 2 is 1.81 bits per heavy atom. The molecule has 2 aliphatic rings. The van der Waals surface area contributed by atoms with Gasteiger partial charge in [-0.1, -0.05) is 12.1 Å². The van der Waals surface area contributed by atoms with Crippen LogP contribution in [0.15, 0.2) is 40.6 Å². The Bertz CT molecular complexity index is 1090. The zero-order valence-corrected chi connectivity index (χ0v) is 19.0. The number of morpholine rings is 1. The molecule has 10 nitrogen and oxygen atoms in total. The molecule has 0 bridgehead atoms. The summed E-state index contributed by atoms with van der Waals surface area (Å²) in [5.74, 6) is -0.276. The molecule has 1 aromatic heterocycles. The highest BCUT2D eigenvalue weighted by atomic mass is 32.2. The van der Waals surface area contributed by atoms with Crippen LogP contribution >= 0.6 is 11.3 Å². The van der Waals surface area contributed by atoms with Gasteiger partial charge in [0, 0.05) is 57.9 Å². The van der Waals surface area contributed by atoms with Crippen molar-refractivity contribution in [1.82, 2.24) is 14.1 Å². The van der Waals surface area contributed by atoms with Crippen LogP contribution in [0.1, 0.15) is 15.2 Å². The van der Waals surface area contributed by atoms with E-state index in [0.29, 0.717) is 45.9 Å². The molecule has 0 spiro atoms. The lowest BCUT2D eigenvalue weighted by molar-refractivity contribution is -0.384. The molecule has 2 aromatic rings. The van der Waals surface area contributed by atoms with Crippen LogP contribution in [0.2, 0.25) is 0 Å². The summed E-state index contributed by atoms with van der Waals surface area (Å²) in [6.45, 7) is 3.93. The quantitative estimate of drug-likeness (QED) is 0.456. The Morgan fingerprint density at radius 1 is 1.09 bits per heavy atom. The van der Waals surface area contributed by atoms with Crippen LogP contribution in [-0.4, -0.2) is 85.8 Å². The highest BCUT2D eigenvalue weighted by Gasteiger charge is 2.33. The third kappa shape index (κ3) is 4.84. The summed E-state index contributed by atoms with van der Waals surface area (Å²) in [5.41, 5.74) is 0.902. The molecule has 1 amide bonds. The smallest absolute Gasteiger partial charge is 0.269 e. The zero-order valence-electron chi connectivity index (χ0n) is 17.4. The summed E-state index contributed by atoms with van der Waals surface area (Å²) < 4.78 is 32.7. The summed E-state index contributed by atoms with van der Waals surface area (Å²) in [5, 5.41) is 12.6. The minimum absolute atomic E-state index is 0.0583. The van der Waals surface area contributed by atoms with Gasteiger partial charge >= 0.3 is 0 Å². The van der Waals surface area contributed by atoms with E-state index in [1.165, 1.54) is 16.4 Å². The summed E-state index contributed by atoms with van der Waals surface area (Å²) in [4.78, 5) is 27.8. The molecular formula is C20H24N4O6S2. The first kappa shape index (κ1) is 22.8. The van der Waals surface area contributed by atoms with Gasteiger partial charge in [0.25, 0.3) is 11.6 Å². The molecule has 0 atom stereocenters. The maximum atomic E-state index is 13.1. The molecule has 0 N–H and O–H groups in total. The second kappa shape index (κ2) is 9.63. The number of amides is 1. The van der Waals surface area contributed by atoms with Gasteiger partial charge in [0.15, 0.2) is 0 Å². The number of benzene rings is 1. The van der Waals surface area contributed by atoms with E-state index in [-0.39, 0.29) is 34.5 Å². The molecule has 1 aromatic carbocycles. The van der Waals surface area contributed by atoms with Crippen LogP contribution in [0.3, 0.4) is 0 Å². The van der Waals surface area contributed by atoms with Crippen molar-refractivity contribution in [1.29, 1.82) is 0 Å². The van der Waals surface area contributed by atoms with Gasteiger partial charge in [-0.25, -0.2) is 8.42 Å². The highest BCUT2D eigenvalue weighted by molar-refractivity contribution is 7.89. The first-order chi connectivity index (χ1) is 15.4. The molecule has 32 heavy (non-hydrogen) atoms. The molecule has 2 fully saturated rings. The fraction of sp³-hybridized carbons (Fsp3) is 0.450. The molecule has 2 saturated heterocycles. The summed E-state index contributed by atoms with van der Waals surface area (Å²) >= 11 is 1.14. The minimum atomic E-state index is -3.74. The molecule has 12 heteroatoms. The van der Waals surface area contributed by atoms with Gasteiger partial charge in [0.2, 0.25) is 10.0 Å². The van der Waals surface area contributed by atoms with E-state index in [2.05, 4.69) is 4.90 Å². The molecule has 0 saturated carbocycles. The monoisotopic (exact) mass is 480 g/mol. The Kier molecular flexibility index (Phi) is 6.86. The number of piperazine rings is 1. The molecule has 4 rings (SSSR count). The molecule has 0 unspecified atom stereocenters. The summed E-state index contributed by atoms with van der Waals surface area (Å²) in [6, 6.07) is 8.04. The van der Waals surface area contributed by atoms with E-state index in [1.54, 1.807) is 22.4 Å². The average Bonchev–Trinajstić information content (AvgIpc) is 3.31. The van der Waals surface area contributed by atoms with Crippen molar-refractivity contribution in [3.05, 3.63) is 56.3 Å². The van der Waals surface area contributed by atoms with E-state index in [9.17, 15) is 23.3 Å². The number of carbonyl (C=O) groups excluding carboxylic acids is 1. The molecule has 172 valence electrons. The van der Waals surface area contributed by atoms with Gasteiger partial charge in [0.05, 0.1) is 18.1 Å². The fourth-order valence-corrected chi connectivity index (χ4v) is 6.63. The maximum Gasteiger partial charge on any atom is 0.269 e. The summed E-state index contributed by atoms with van der Waals surface area (Å²) in [6.07, 6.45) is 0. The Morgan fingerprint density at radius 3 is 2.50 bits per heavy atom. The Balaban J connectivity index is 1.40. The van der Waals surface area contributed by atoms with E-state index in [1.807, 2.05) is 6.07 Å². The highest BCUT2D eigenvalue weighted by Crippen LogP contribution is 2.27. The fourth-order valence-electron chi connectivity index (χ4n) is 3.86. The van der Waals surface area contributed by atoms with Crippen molar-refractivity contribution in [3.8, 4) is 0 Å². The van der Waals surface area contributed by atoms with Gasteiger partial charge in [-0.05, 0) is 17.0 Å². The van der Waals surface area contributed by atoms with Crippen LogP contribution in [-0.2, 0) is 21.3 Å². The van der Waals surface area contributed by atoms with Crippen LogP contribution in [0, 0.1) is 10.1 Å². The zero-order chi connectivity index (χ0) is 22.7. The van der Waals surface area contributed by atoms with Gasteiger partial charge in [-0.2, -0.15) is 4.31 Å². The van der Waals surface area contributed by atoms with Gasteiger partial charge in [-0.15, -0.1) is 11.3 Å². The molecule has 3 heterocycles. The van der Waals surface area contributed by atoms with E-state index in [0.717, 1.165) is 16.9 Å². The second-order valence-electron chi connectivity index (χ2n) is 7.63. The lowest BCUT2D eigenvalue weighted by atomic mass is 10.1. The second-order valence-corrected chi connectivity index (χ2v) is 10.4. The van der Waals surface area contributed by atoms with Crippen LogP contribution in [0.25, 0.3) is 0 Å². The first-order valence-corrected chi connectivity index (χ1v) is 12.6. The number of sulfonamides is 1. The van der Waals surface area contributed by atoms with Gasteiger partial charge in [-0.3, -0.25) is 19.8 Å². The van der Waals surface area contributed by atoms with Crippen molar-refractivity contribution in [3.63, 3.8) is 0 Å². The normalized spacial score (nSPS) is 18.6.